The molecule has 0 aromatic carbocycles. The molecule has 1 aromatic rings. The molecule has 1 heterocycles. The molecular weight excluding hydrogens is 310 g/mol. The first-order valence-corrected chi connectivity index (χ1v) is 8.48. The van der Waals surface area contributed by atoms with Gasteiger partial charge in [-0.25, -0.2) is 0 Å². The summed E-state index contributed by atoms with van der Waals surface area (Å²) in [7, 11) is 0. The highest BCUT2D eigenvalue weighted by atomic mass is 16.5. The lowest BCUT2D eigenvalue weighted by Crippen LogP contribution is -2.64. The standard InChI is InChI=1S/C17H27N3O4/c1-6-8-20(12-10-13(23-7-2)17(12,4)5)16(22)15(21)18-14-9-11(3)24-19-14/h9,12-13H,6-8,10H2,1-5H3,(H,18,19,21)/t12-,13+/m0/s1. The van der Waals surface area contributed by atoms with Crippen LogP contribution in [0.15, 0.2) is 10.6 Å². The minimum atomic E-state index is -0.688. The molecule has 1 aliphatic carbocycles. The summed E-state index contributed by atoms with van der Waals surface area (Å²) in [6.07, 6.45) is 1.65. The second kappa shape index (κ2) is 7.34. The van der Waals surface area contributed by atoms with Crippen molar-refractivity contribution in [3.05, 3.63) is 11.8 Å². The molecule has 7 nitrogen and oxygen atoms in total. The van der Waals surface area contributed by atoms with Crippen molar-refractivity contribution >= 4 is 17.6 Å². The van der Waals surface area contributed by atoms with Gasteiger partial charge in [-0.2, -0.15) is 0 Å². The maximum atomic E-state index is 12.6. The van der Waals surface area contributed by atoms with Crippen molar-refractivity contribution in [2.45, 2.75) is 59.6 Å². The third-order valence-electron chi connectivity index (χ3n) is 4.66. The molecular formula is C17H27N3O4. The zero-order valence-corrected chi connectivity index (χ0v) is 15.1. The van der Waals surface area contributed by atoms with Crippen LogP contribution in [0.25, 0.3) is 0 Å². The van der Waals surface area contributed by atoms with E-state index in [1.165, 1.54) is 0 Å². The Morgan fingerprint density at radius 3 is 2.67 bits per heavy atom. The van der Waals surface area contributed by atoms with Gasteiger partial charge in [-0.15, -0.1) is 0 Å². The fraction of sp³-hybridized carbons (Fsp3) is 0.706. The minimum Gasteiger partial charge on any atom is -0.378 e. The van der Waals surface area contributed by atoms with Crippen LogP contribution in [0.5, 0.6) is 0 Å². The fourth-order valence-electron chi connectivity index (χ4n) is 3.24. The number of hydrogen-bond donors (Lipinski definition) is 1. The first-order chi connectivity index (χ1) is 11.3. The number of ether oxygens (including phenoxy) is 1. The normalized spacial score (nSPS) is 21.9. The number of rotatable bonds is 6. The lowest BCUT2D eigenvalue weighted by molar-refractivity contribution is -0.169. The Kier molecular flexibility index (Phi) is 5.64. The highest BCUT2D eigenvalue weighted by Crippen LogP contribution is 2.46. The van der Waals surface area contributed by atoms with Crippen LogP contribution in [0.4, 0.5) is 5.82 Å². The van der Waals surface area contributed by atoms with E-state index in [0.717, 1.165) is 12.8 Å². The van der Waals surface area contributed by atoms with Gasteiger partial charge in [-0.1, -0.05) is 25.9 Å². The van der Waals surface area contributed by atoms with E-state index in [1.54, 1.807) is 17.9 Å². The first kappa shape index (κ1) is 18.4. The second-order valence-corrected chi connectivity index (χ2v) is 6.79. The van der Waals surface area contributed by atoms with Crippen molar-refractivity contribution in [2.24, 2.45) is 5.41 Å². The number of nitrogens with one attached hydrogen (secondary N) is 1. The number of carbonyl (C=O) groups excluding carboxylic acids is 2. The van der Waals surface area contributed by atoms with Crippen LogP contribution in [0.3, 0.4) is 0 Å². The highest BCUT2D eigenvalue weighted by molar-refractivity contribution is 6.39. The SMILES string of the molecule is CCCN(C(=O)C(=O)Nc1cc(C)on1)[C@H]1C[C@@H](OCC)C1(C)C. The Hall–Kier alpha value is -1.89. The molecule has 134 valence electrons. The number of nitrogens with zero attached hydrogens (tertiary/aromatic N) is 2. The van der Waals surface area contributed by atoms with Crippen molar-refractivity contribution < 1.29 is 18.8 Å². The van der Waals surface area contributed by atoms with E-state index < -0.39 is 11.8 Å². The average Bonchev–Trinajstić information content (AvgIpc) is 2.93. The third-order valence-corrected chi connectivity index (χ3v) is 4.66. The van der Waals surface area contributed by atoms with E-state index in [4.69, 9.17) is 9.26 Å². The average molecular weight is 337 g/mol. The van der Waals surface area contributed by atoms with Crippen LogP contribution in [-0.2, 0) is 14.3 Å². The largest absolute Gasteiger partial charge is 0.378 e. The zero-order valence-electron chi connectivity index (χ0n) is 15.1. The number of aromatic nitrogens is 1. The van der Waals surface area contributed by atoms with Gasteiger partial charge in [0, 0.05) is 30.7 Å². The van der Waals surface area contributed by atoms with Crippen molar-refractivity contribution in [1.29, 1.82) is 0 Å². The van der Waals surface area contributed by atoms with Crippen LogP contribution in [0, 0.1) is 12.3 Å². The Morgan fingerprint density at radius 1 is 1.46 bits per heavy atom. The van der Waals surface area contributed by atoms with Crippen molar-refractivity contribution in [3.63, 3.8) is 0 Å². The number of carbonyl (C=O) groups is 2. The number of aryl methyl sites for hydroxylation is 1. The van der Waals surface area contributed by atoms with Crippen molar-refractivity contribution in [2.75, 3.05) is 18.5 Å². The number of amides is 2. The van der Waals surface area contributed by atoms with Gasteiger partial charge in [0.1, 0.15) is 5.76 Å². The number of hydrogen-bond acceptors (Lipinski definition) is 5. The predicted octanol–water partition coefficient (Wildman–Crippen LogP) is 2.36. The summed E-state index contributed by atoms with van der Waals surface area (Å²) in [6.45, 7) is 11.0. The molecule has 0 saturated heterocycles. The van der Waals surface area contributed by atoms with Crippen LogP contribution in [0.1, 0.15) is 46.3 Å². The lowest BCUT2D eigenvalue weighted by atomic mass is 9.63. The number of anilines is 1. The predicted molar refractivity (Wildman–Crippen MR) is 89.5 cm³/mol. The van der Waals surface area contributed by atoms with E-state index >= 15 is 0 Å². The van der Waals surface area contributed by atoms with Gasteiger partial charge in [-0.05, 0) is 26.7 Å². The van der Waals surface area contributed by atoms with Crippen LogP contribution in [0.2, 0.25) is 0 Å². The Bertz CT molecular complexity index is 596. The van der Waals surface area contributed by atoms with Gasteiger partial charge in [0.15, 0.2) is 5.82 Å². The molecule has 0 aliphatic heterocycles. The van der Waals surface area contributed by atoms with Gasteiger partial charge in [0.05, 0.1) is 6.10 Å². The molecule has 1 aromatic heterocycles. The monoisotopic (exact) mass is 337 g/mol. The van der Waals surface area contributed by atoms with Gasteiger partial charge >= 0.3 is 11.8 Å². The Labute approximate surface area is 142 Å². The van der Waals surface area contributed by atoms with Gasteiger partial charge in [0.25, 0.3) is 0 Å². The summed E-state index contributed by atoms with van der Waals surface area (Å²) < 4.78 is 10.6. The molecule has 7 heteroatoms. The minimum absolute atomic E-state index is 0.00806. The molecule has 0 bridgehead atoms. The summed E-state index contributed by atoms with van der Waals surface area (Å²) >= 11 is 0. The van der Waals surface area contributed by atoms with Gasteiger partial charge in [-0.3, -0.25) is 14.9 Å². The van der Waals surface area contributed by atoms with Crippen LogP contribution >= 0.6 is 0 Å². The van der Waals surface area contributed by atoms with Crippen molar-refractivity contribution in [3.8, 4) is 0 Å². The third kappa shape index (κ3) is 3.61. The lowest BCUT2D eigenvalue weighted by Gasteiger charge is -2.55. The smallest absolute Gasteiger partial charge is 0.315 e. The van der Waals surface area contributed by atoms with E-state index in [0.29, 0.717) is 18.9 Å². The van der Waals surface area contributed by atoms with Crippen molar-refractivity contribution in [1.82, 2.24) is 10.1 Å². The highest BCUT2D eigenvalue weighted by Gasteiger charge is 2.53. The molecule has 2 atom stereocenters. The van der Waals surface area contributed by atoms with E-state index in [-0.39, 0.29) is 23.4 Å². The molecule has 1 fully saturated rings. The first-order valence-electron chi connectivity index (χ1n) is 8.48. The summed E-state index contributed by atoms with van der Waals surface area (Å²) in [5, 5.41) is 6.19. The molecule has 1 aliphatic rings. The van der Waals surface area contributed by atoms with E-state index in [2.05, 4.69) is 24.3 Å². The maximum absolute atomic E-state index is 12.6. The zero-order chi connectivity index (χ0) is 17.9. The quantitative estimate of drug-likeness (QED) is 0.806. The van der Waals surface area contributed by atoms with Gasteiger partial charge in [0.2, 0.25) is 0 Å². The van der Waals surface area contributed by atoms with E-state index in [1.807, 2.05) is 13.8 Å². The summed E-state index contributed by atoms with van der Waals surface area (Å²) in [5.41, 5.74) is -0.175. The van der Waals surface area contributed by atoms with Gasteiger partial charge < -0.3 is 14.2 Å². The van der Waals surface area contributed by atoms with Crippen LogP contribution in [-0.4, -0.2) is 47.2 Å². The second-order valence-electron chi connectivity index (χ2n) is 6.79. The molecule has 2 amide bonds. The molecule has 1 saturated carbocycles. The molecule has 0 spiro atoms. The summed E-state index contributed by atoms with van der Waals surface area (Å²) in [4.78, 5) is 26.6. The maximum Gasteiger partial charge on any atom is 0.315 e. The summed E-state index contributed by atoms with van der Waals surface area (Å²) in [6, 6.07) is 1.57. The Morgan fingerprint density at radius 2 is 2.17 bits per heavy atom. The molecule has 0 unspecified atom stereocenters. The molecule has 2 rings (SSSR count). The molecule has 1 N–H and O–H groups in total. The molecule has 24 heavy (non-hydrogen) atoms. The fourth-order valence-corrected chi connectivity index (χ4v) is 3.24. The van der Waals surface area contributed by atoms with Crippen LogP contribution < -0.4 is 5.32 Å². The topological polar surface area (TPSA) is 84.7 Å². The Balaban J connectivity index is 2.06. The molecule has 0 radical (unpaired) electrons. The summed E-state index contributed by atoms with van der Waals surface area (Å²) in [5.74, 6) is -0.400. The van der Waals surface area contributed by atoms with E-state index in [9.17, 15) is 9.59 Å².